The summed E-state index contributed by atoms with van der Waals surface area (Å²) >= 11 is 1.80. The van der Waals surface area contributed by atoms with Crippen molar-refractivity contribution in [1.82, 2.24) is 9.88 Å². The highest BCUT2D eigenvalue weighted by molar-refractivity contribution is 7.17. The Morgan fingerprint density at radius 2 is 1.95 bits per heavy atom. The van der Waals surface area contributed by atoms with Gasteiger partial charge in [-0.2, -0.15) is 0 Å². The lowest BCUT2D eigenvalue weighted by Crippen LogP contribution is -2.37. The number of hydrogen-bond donors (Lipinski definition) is 2. The van der Waals surface area contributed by atoms with Crippen molar-refractivity contribution in [2.24, 2.45) is 5.92 Å². The molecule has 2 aromatic heterocycles. The van der Waals surface area contributed by atoms with Gasteiger partial charge in [0.25, 0.3) is 0 Å². The number of carboxylic acids is 1. The van der Waals surface area contributed by atoms with E-state index in [4.69, 9.17) is 9.84 Å². The maximum Gasteiger partial charge on any atom is 0.417 e. The number of carbonyl (C=O) groups is 2. The third kappa shape index (κ3) is 6.14. The highest BCUT2D eigenvalue weighted by Crippen LogP contribution is 2.37. The minimum atomic E-state index is -1.56. The molecular formula is C30H34N2O5S. The van der Waals surface area contributed by atoms with Gasteiger partial charge in [-0.25, -0.2) is 9.59 Å². The van der Waals surface area contributed by atoms with Gasteiger partial charge in [-0.3, -0.25) is 9.88 Å². The van der Waals surface area contributed by atoms with Crippen LogP contribution in [-0.4, -0.2) is 63.9 Å². The van der Waals surface area contributed by atoms with E-state index in [-0.39, 0.29) is 11.8 Å². The summed E-state index contributed by atoms with van der Waals surface area (Å²) in [6.45, 7) is 2.75. The van der Waals surface area contributed by atoms with Gasteiger partial charge in [0.05, 0.1) is 6.10 Å². The molecule has 7 nitrogen and oxygen atoms in total. The molecule has 0 radical (unpaired) electrons. The van der Waals surface area contributed by atoms with Crippen molar-refractivity contribution in [2.45, 2.75) is 56.7 Å². The Morgan fingerprint density at radius 3 is 2.66 bits per heavy atom. The number of carbonyl (C=O) groups excluding carboxylic acids is 1. The maximum atomic E-state index is 11.5. The van der Waals surface area contributed by atoms with Crippen LogP contribution in [0.25, 0.3) is 15.7 Å². The van der Waals surface area contributed by atoms with Crippen LogP contribution in [0.4, 0.5) is 0 Å². The fourth-order valence-electron chi connectivity index (χ4n) is 5.89. The second-order valence-electron chi connectivity index (χ2n) is 10.3. The number of pyridine rings is 1. The minimum absolute atomic E-state index is 0.0564. The lowest BCUT2D eigenvalue weighted by molar-refractivity contribution is -0.168. The Bertz CT molecular complexity index is 1280. The van der Waals surface area contributed by atoms with Crippen LogP contribution in [0, 0.1) is 5.92 Å². The summed E-state index contributed by atoms with van der Waals surface area (Å²) < 4.78 is 6.43. The fraction of sp³-hybridized carbons (Fsp3) is 0.433. The molecule has 0 bridgehead atoms. The number of rotatable bonds is 8. The summed E-state index contributed by atoms with van der Waals surface area (Å²) in [5, 5.41) is 23.7. The summed E-state index contributed by atoms with van der Waals surface area (Å²) in [7, 11) is 0. The number of aromatic nitrogens is 1. The van der Waals surface area contributed by atoms with Crippen molar-refractivity contribution in [3.8, 4) is 0 Å². The van der Waals surface area contributed by atoms with Crippen LogP contribution in [-0.2, 0) is 14.3 Å². The Morgan fingerprint density at radius 1 is 1.11 bits per heavy atom. The molecule has 38 heavy (non-hydrogen) atoms. The molecule has 2 N–H and O–H groups in total. The fourth-order valence-corrected chi connectivity index (χ4v) is 6.84. The monoisotopic (exact) mass is 534 g/mol. The summed E-state index contributed by atoms with van der Waals surface area (Å²) in [5.41, 5.74) is 3.66. The van der Waals surface area contributed by atoms with Gasteiger partial charge < -0.3 is 14.9 Å². The van der Waals surface area contributed by atoms with E-state index in [1.54, 1.807) is 17.5 Å². The Labute approximate surface area is 226 Å². The van der Waals surface area contributed by atoms with Crippen molar-refractivity contribution in [2.75, 3.05) is 19.6 Å². The number of ether oxygens (including phenoxy) is 1. The van der Waals surface area contributed by atoms with Gasteiger partial charge in [0.1, 0.15) is 6.10 Å². The molecule has 1 aliphatic heterocycles. The van der Waals surface area contributed by atoms with Gasteiger partial charge in [-0.15, -0.1) is 11.3 Å². The standard InChI is InChI=1S/C30H34N2O5S/c33-27(21-7-9-23(10-8-21)37-30(36)29(34)35)25(26-6-1-2-15-31-26)13-18-32-16-11-20(12-17-32)24-5-3-4-22-14-19-38-28(22)24/h1-6,11,14-15,19,21,23,25,27,33H,7-10,12-13,16-18H2,(H,34,35). The molecule has 0 amide bonds. The van der Waals surface area contributed by atoms with Crippen molar-refractivity contribution in [3.05, 3.63) is 71.4 Å². The number of fused-ring (bicyclic) bond motifs is 1. The van der Waals surface area contributed by atoms with Crippen molar-refractivity contribution in [1.29, 1.82) is 0 Å². The van der Waals surface area contributed by atoms with E-state index < -0.39 is 24.1 Å². The van der Waals surface area contributed by atoms with Crippen LogP contribution in [0.15, 0.2) is 60.1 Å². The molecular weight excluding hydrogens is 500 g/mol. The second kappa shape index (κ2) is 12.2. The number of aliphatic hydroxyl groups excluding tert-OH is 1. The molecule has 200 valence electrons. The largest absolute Gasteiger partial charge is 0.473 e. The van der Waals surface area contributed by atoms with Crippen LogP contribution >= 0.6 is 11.3 Å². The smallest absolute Gasteiger partial charge is 0.417 e. The first-order valence-corrected chi connectivity index (χ1v) is 14.3. The summed E-state index contributed by atoms with van der Waals surface area (Å²) in [6.07, 6.45) is 7.47. The zero-order valence-electron chi connectivity index (χ0n) is 21.4. The van der Waals surface area contributed by atoms with E-state index in [2.05, 4.69) is 45.6 Å². The van der Waals surface area contributed by atoms with E-state index in [1.165, 1.54) is 21.2 Å². The lowest BCUT2D eigenvalue weighted by Gasteiger charge is -2.35. The molecule has 1 aliphatic carbocycles. The normalized spacial score (nSPS) is 22.0. The first-order chi connectivity index (χ1) is 18.5. The molecule has 8 heteroatoms. The Kier molecular flexibility index (Phi) is 8.51. The highest BCUT2D eigenvalue weighted by Gasteiger charge is 2.34. The van der Waals surface area contributed by atoms with Gasteiger partial charge in [-0.05, 0) is 91.1 Å². The van der Waals surface area contributed by atoms with Crippen molar-refractivity contribution in [3.63, 3.8) is 0 Å². The number of aliphatic carboxylic acids is 1. The van der Waals surface area contributed by atoms with Gasteiger partial charge in [0, 0.05) is 35.6 Å². The predicted octanol–water partition coefficient (Wildman–Crippen LogP) is 5.11. The molecule has 0 saturated heterocycles. The lowest BCUT2D eigenvalue weighted by atomic mass is 9.77. The zero-order valence-corrected chi connectivity index (χ0v) is 22.2. The van der Waals surface area contributed by atoms with Gasteiger partial charge in [0.15, 0.2) is 0 Å². The minimum Gasteiger partial charge on any atom is -0.473 e. The van der Waals surface area contributed by atoms with Crippen LogP contribution < -0.4 is 0 Å². The Hall–Kier alpha value is -3.07. The van der Waals surface area contributed by atoms with Crippen LogP contribution in [0.1, 0.15) is 55.7 Å². The number of nitrogens with zero attached hydrogens (tertiary/aromatic N) is 2. The quantitative estimate of drug-likeness (QED) is 0.306. The highest BCUT2D eigenvalue weighted by atomic mass is 32.1. The third-order valence-electron chi connectivity index (χ3n) is 8.00. The number of aliphatic hydroxyl groups is 1. The Balaban J connectivity index is 1.20. The molecule has 1 fully saturated rings. The molecule has 5 rings (SSSR count). The molecule has 1 saturated carbocycles. The van der Waals surface area contributed by atoms with E-state index >= 15 is 0 Å². The molecule has 2 unspecified atom stereocenters. The van der Waals surface area contributed by atoms with Gasteiger partial charge >= 0.3 is 11.9 Å². The van der Waals surface area contributed by atoms with E-state index in [1.807, 2.05) is 18.2 Å². The van der Waals surface area contributed by atoms with Crippen molar-refractivity contribution >= 4 is 38.9 Å². The first-order valence-electron chi connectivity index (χ1n) is 13.4. The van der Waals surface area contributed by atoms with E-state index in [0.29, 0.717) is 25.7 Å². The van der Waals surface area contributed by atoms with Crippen LogP contribution in [0.3, 0.4) is 0 Å². The number of benzene rings is 1. The molecule has 0 spiro atoms. The average Bonchev–Trinajstić information content (AvgIpc) is 3.44. The molecule has 3 heterocycles. The SMILES string of the molecule is O=C(O)C(=O)OC1CCC(C(O)C(CCN2CC=C(c3cccc4ccsc34)CC2)c2ccccn2)CC1. The van der Waals surface area contributed by atoms with E-state index in [0.717, 1.165) is 38.2 Å². The summed E-state index contributed by atoms with van der Waals surface area (Å²) in [4.78, 5) is 29.2. The molecule has 3 aromatic rings. The number of carboxylic acid groups (broad SMARTS) is 1. The zero-order chi connectivity index (χ0) is 26.5. The van der Waals surface area contributed by atoms with Gasteiger partial charge in [0.2, 0.25) is 0 Å². The molecule has 1 aromatic carbocycles. The maximum absolute atomic E-state index is 11.5. The molecule has 2 atom stereocenters. The van der Waals surface area contributed by atoms with Crippen molar-refractivity contribution < 1.29 is 24.5 Å². The second-order valence-corrected chi connectivity index (χ2v) is 11.2. The number of thiophene rings is 1. The van der Waals surface area contributed by atoms with Crippen LogP contribution in [0.5, 0.6) is 0 Å². The third-order valence-corrected chi connectivity index (χ3v) is 8.97. The average molecular weight is 535 g/mol. The number of esters is 1. The number of hydrogen-bond acceptors (Lipinski definition) is 7. The molecule has 2 aliphatic rings. The topological polar surface area (TPSA) is 100.0 Å². The summed E-state index contributed by atoms with van der Waals surface area (Å²) in [5.74, 6) is -2.80. The first kappa shape index (κ1) is 26.5. The van der Waals surface area contributed by atoms with Crippen LogP contribution in [0.2, 0.25) is 0 Å². The predicted molar refractivity (Wildman–Crippen MR) is 148 cm³/mol. The summed E-state index contributed by atoms with van der Waals surface area (Å²) in [6, 6.07) is 14.6. The van der Waals surface area contributed by atoms with E-state index in [9.17, 15) is 14.7 Å². The van der Waals surface area contributed by atoms with Gasteiger partial charge in [-0.1, -0.05) is 30.3 Å².